The molecule has 1 heterocycles. The molecule has 1 aliphatic rings. The van der Waals surface area contributed by atoms with E-state index in [2.05, 4.69) is 5.32 Å². The second kappa shape index (κ2) is 6.14. The lowest BCUT2D eigenvalue weighted by Crippen LogP contribution is -2.38. The highest BCUT2D eigenvalue weighted by Crippen LogP contribution is 2.33. The average molecular weight is 255 g/mol. The third-order valence-electron chi connectivity index (χ3n) is 2.52. The fourth-order valence-electron chi connectivity index (χ4n) is 1.67. The number of benzene rings is 1. The number of hydrogen-bond donors (Lipinski definition) is 1. The molecule has 0 amide bonds. The van der Waals surface area contributed by atoms with E-state index in [4.69, 9.17) is 14.2 Å². The second-order valence-electron chi connectivity index (χ2n) is 3.65. The Morgan fingerprint density at radius 2 is 2.12 bits per heavy atom. The highest BCUT2D eigenvalue weighted by molar-refractivity contribution is 8.00. The highest BCUT2D eigenvalue weighted by Gasteiger charge is 2.15. The molecule has 5 heteroatoms. The van der Waals surface area contributed by atoms with Gasteiger partial charge >= 0.3 is 0 Å². The molecular formula is C12H17NO3S. The first kappa shape index (κ1) is 12.5. The first-order chi connectivity index (χ1) is 8.33. The molecule has 0 radical (unpaired) electrons. The zero-order chi connectivity index (χ0) is 12.1. The maximum atomic E-state index is 5.42. The third kappa shape index (κ3) is 3.28. The van der Waals surface area contributed by atoms with Gasteiger partial charge in [0.05, 0.1) is 32.8 Å². The fraction of sp³-hybridized carbons (Fsp3) is 0.500. The molecule has 0 spiro atoms. The zero-order valence-electron chi connectivity index (χ0n) is 10.1. The van der Waals surface area contributed by atoms with Crippen molar-refractivity contribution in [2.24, 2.45) is 0 Å². The number of nitrogens with one attached hydrogen (secondary N) is 1. The predicted molar refractivity (Wildman–Crippen MR) is 68.0 cm³/mol. The molecule has 1 aliphatic heterocycles. The number of rotatable bonds is 4. The Bertz CT molecular complexity index is 367. The molecule has 0 aromatic heterocycles. The van der Waals surface area contributed by atoms with Crippen LogP contribution in [0.5, 0.6) is 11.5 Å². The number of ether oxygens (including phenoxy) is 3. The largest absolute Gasteiger partial charge is 0.493 e. The molecule has 1 unspecified atom stereocenters. The maximum Gasteiger partial charge on any atom is 0.161 e. The Labute approximate surface area is 106 Å². The van der Waals surface area contributed by atoms with Crippen molar-refractivity contribution in [3.8, 4) is 11.5 Å². The van der Waals surface area contributed by atoms with Gasteiger partial charge in [0, 0.05) is 11.4 Å². The van der Waals surface area contributed by atoms with Crippen LogP contribution in [0.25, 0.3) is 0 Å². The maximum absolute atomic E-state index is 5.42. The first-order valence-corrected chi connectivity index (χ1v) is 6.41. The number of morpholine rings is 1. The van der Waals surface area contributed by atoms with E-state index in [0.717, 1.165) is 36.2 Å². The van der Waals surface area contributed by atoms with Gasteiger partial charge in [-0.1, -0.05) is 0 Å². The van der Waals surface area contributed by atoms with Crippen LogP contribution in [0.1, 0.15) is 0 Å². The summed E-state index contributed by atoms with van der Waals surface area (Å²) < 4.78 is 15.9. The van der Waals surface area contributed by atoms with Crippen LogP contribution >= 0.6 is 11.8 Å². The molecule has 17 heavy (non-hydrogen) atoms. The van der Waals surface area contributed by atoms with E-state index in [0.29, 0.717) is 5.37 Å². The van der Waals surface area contributed by atoms with E-state index in [1.54, 1.807) is 26.0 Å². The lowest BCUT2D eigenvalue weighted by atomic mass is 10.3. The van der Waals surface area contributed by atoms with E-state index in [1.807, 2.05) is 18.2 Å². The molecule has 2 rings (SSSR count). The quantitative estimate of drug-likeness (QED) is 0.887. The van der Waals surface area contributed by atoms with Gasteiger partial charge in [0.2, 0.25) is 0 Å². The van der Waals surface area contributed by atoms with Gasteiger partial charge in [-0.3, -0.25) is 0 Å². The molecule has 4 nitrogen and oxygen atoms in total. The van der Waals surface area contributed by atoms with Crippen LogP contribution in [0, 0.1) is 0 Å². The van der Waals surface area contributed by atoms with Crippen molar-refractivity contribution in [3.63, 3.8) is 0 Å². The van der Waals surface area contributed by atoms with Crippen LogP contribution in [0.15, 0.2) is 23.1 Å². The number of thioether (sulfide) groups is 1. The van der Waals surface area contributed by atoms with E-state index < -0.39 is 0 Å². The van der Waals surface area contributed by atoms with Gasteiger partial charge in [-0.05, 0) is 18.2 Å². The molecule has 0 saturated carbocycles. The van der Waals surface area contributed by atoms with Gasteiger partial charge in [-0.15, -0.1) is 11.8 Å². The molecule has 1 atom stereocenters. The average Bonchev–Trinajstić information content (AvgIpc) is 2.40. The molecule has 0 aliphatic carbocycles. The SMILES string of the molecule is COc1ccc(SC2COCCN2)cc1OC. The number of methoxy groups -OCH3 is 2. The molecule has 94 valence electrons. The van der Waals surface area contributed by atoms with Gasteiger partial charge < -0.3 is 19.5 Å². The Morgan fingerprint density at radius 1 is 1.29 bits per heavy atom. The lowest BCUT2D eigenvalue weighted by Gasteiger charge is -2.23. The summed E-state index contributed by atoms with van der Waals surface area (Å²) in [6, 6.07) is 5.94. The van der Waals surface area contributed by atoms with Gasteiger partial charge in [0.1, 0.15) is 0 Å². The summed E-state index contributed by atoms with van der Waals surface area (Å²) in [6.07, 6.45) is 0. The molecule has 1 fully saturated rings. The van der Waals surface area contributed by atoms with Gasteiger partial charge in [-0.2, -0.15) is 0 Å². The monoisotopic (exact) mass is 255 g/mol. The summed E-state index contributed by atoms with van der Waals surface area (Å²) in [6.45, 7) is 2.44. The smallest absolute Gasteiger partial charge is 0.161 e. The standard InChI is InChI=1S/C12H17NO3S/c1-14-10-4-3-9(7-11(10)15-2)17-12-8-16-6-5-13-12/h3-4,7,12-13H,5-6,8H2,1-2H3. The topological polar surface area (TPSA) is 39.7 Å². The minimum absolute atomic E-state index is 0.307. The Hall–Kier alpha value is -0.910. The van der Waals surface area contributed by atoms with E-state index >= 15 is 0 Å². The molecule has 1 aromatic carbocycles. The normalized spacial score (nSPS) is 20.0. The first-order valence-electron chi connectivity index (χ1n) is 5.53. The molecule has 1 aromatic rings. The van der Waals surface area contributed by atoms with Crippen LogP contribution in [0.4, 0.5) is 0 Å². The summed E-state index contributed by atoms with van der Waals surface area (Å²) in [5.74, 6) is 1.51. The van der Waals surface area contributed by atoms with Crippen LogP contribution in [-0.2, 0) is 4.74 Å². The minimum atomic E-state index is 0.307. The summed E-state index contributed by atoms with van der Waals surface area (Å²) in [5, 5.41) is 3.71. The fourth-order valence-corrected chi connectivity index (χ4v) is 2.69. The van der Waals surface area contributed by atoms with Crippen molar-refractivity contribution in [2.75, 3.05) is 34.0 Å². The second-order valence-corrected chi connectivity index (χ2v) is 4.93. The Balaban J connectivity index is 2.05. The summed E-state index contributed by atoms with van der Waals surface area (Å²) in [7, 11) is 3.29. The van der Waals surface area contributed by atoms with Crippen LogP contribution in [-0.4, -0.2) is 39.4 Å². The molecule has 0 bridgehead atoms. The molecule has 1 saturated heterocycles. The van der Waals surface area contributed by atoms with Gasteiger partial charge in [-0.25, -0.2) is 0 Å². The van der Waals surface area contributed by atoms with Gasteiger partial charge in [0.15, 0.2) is 11.5 Å². The van der Waals surface area contributed by atoms with E-state index in [1.165, 1.54) is 0 Å². The third-order valence-corrected chi connectivity index (χ3v) is 3.63. The molecular weight excluding hydrogens is 238 g/mol. The van der Waals surface area contributed by atoms with Crippen molar-refractivity contribution in [2.45, 2.75) is 10.3 Å². The van der Waals surface area contributed by atoms with Crippen molar-refractivity contribution < 1.29 is 14.2 Å². The van der Waals surface area contributed by atoms with E-state index in [-0.39, 0.29) is 0 Å². The predicted octanol–water partition coefficient (Wildman–Crippen LogP) is 1.74. The van der Waals surface area contributed by atoms with Crippen molar-refractivity contribution in [1.29, 1.82) is 0 Å². The van der Waals surface area contributed by atoms with Crippen molar-refractivity contribution in [1.82, 2.24) is 5.32 Å². The lowest BCUT2D eigenvalue weighted by molar-refractivity contribution is 0.100. The van der Waals surface area contributed by atoms with E-state index in [9.17, 15) is 0 Å². The van der Waals surface area contributed by atoms with Crippen LogP contribution < -0.4 is 14.8 Å². The number of hydrogen-bond acceptors (Lipinski definition) is 5. The summed E-state index contributed by atoms with van der Waals surface area (Å²) in [4.78, 5) is 1.14. The van der Waals surface area contributed by atoms with Crippen molar-refractivity contribution >= 4 is 11.8 Å². The summed E-state index contributed by atoms with van der Waals surface area (Å²) >= 11 is 1.74. The van der Waals surface area contributed by atoms with Crippen LogP contribution in [0.2, 0.25) is 0 Å². The minimum Gasteiger partial charge on any atom is -0.493 e. The van der Waals surface area contributed by atoms with Crippen molar-refractivity contribution in [3.05, 3.63) is 18.2 Å². The Kier molecular flexibility index (Phi) is 4.53. The highest BCUT2D eigenvalue weighted by atomic mass is 32.2. The zero-order valence-corrected chi connectivity index (χ0v) is 10.9. The van der Waals surface area contributed by atoms with Gasteiger partial charge in [0.25, 0.3) is 0 Å². The van der Waals surface area contributed by atoms with Crippen LogP contribution in [0.3, 0.4) is 0 Å². The molecule has 1 N–H and O–H groups in total. The Morgan fingerprint density at radius 3 is 2.76 bits per heavy atom. The summed E-state index contributed by atoms with van der Waals surface area (Å²) in [5.41, 5.74) is 0.